The van der Waals surface area contributed by atoms with Crippen molar-refractivity contribution < 1.29 is 18.4 Å². The number of ether oxygens (including phenoxy) is 1. The third-order valence-electron chi connectivity index (χ3n) is 5.19. The Morgan fingerprint density at radius 3 is 2.85 bits per heavy atom. The summed E-state index contributed by atoms with van der Waals surface area (Å²) in [5.41, 5.74) is 2.17. The van der Waals surface area contributed by atoms with Crippen molar-refractivity contribution in [3.8, 4) is 11.3 Å². The Hall–Kier alpha value is -2.25. The summed E-state index contributed by atoms with van der Waals surface area (Å²) in [6, 6.07) is 6.11. The molecule has 1 aromatic heterocycles. The summed E-state index contributed by atoms with van der Waals surface area (Å²) in [5.74, 6) is 0.570. The van der Waals surface area contributed by atoms with Crippen LogP contribution in [0.15, 0.2) is 28.8 Å². The molecule has 0 spiro atoms. The molecule has 26 heavy (non-hydrogen) atoms. The quantitative estimate of drug-likeness (QED) is 0.840. The first kappa shape index (κ1) is 17.2. The zero-order valence-electron chi connectivity index (χ0n) is 14.8. The number of hydrogen-bond acceptors (Lipinski definition) is 5. The van der Waals surface area contributed by atoms with Crippen molar-refractivity contribution in [2.75, 3.05) is 32.8 Å². The first-order valence-electron chi connectivity index (χ1n) is 8.97. The van der Waals surface area contributed by atoms with Gasteiger partial charge in [-0.05, 0) is 19.1 Å². The highest BCUT2D eigenvalue weighted by Gasteiger charge is 2.32. The van der Waals surface area contributed by atoms with Gasteiger partial charge in [-0.2, -0.15) is 0 Å². The van der Waals surface area contributed by atoms with Crippen LogP contribution in [0.3, 0.4) is 0 Å². The Morgan fingerprint density at radius 2 is 2.08 bits per heavy atom. The second-order valence-corrected chi connectivity index (χ2v) is 6.78. The number of halogens is 1. The number of carbonyl (C=O) groups is 1. The van der Waals surface area contributed by atoms with Gasteiger partial charge >= 0.3 is 0 Å². The Morgan fingerprint density at radius 1 is 1.27 bits per heavy atom. The summed E-state index contributed by atoms with van der Waals surface area (Å²) in [7, 11) is 0. The average molecular weight is 359 g/mol. The van der Waals surface area contributed by atoms with E-state index >= 15 is 0 Å². The van der Waals surface area contributed by atoms with Gasteiger partial charge < -0.3 is 14.2 Å². The molecule has 0 saturated carbocycles. The molecule has 0 N–H and O–H groups in total. The minimum atomic E-state index is -0.316. The molecule has 138 valence electrons. The largest absolute Gasteiger partial charge is 0.379 e. The van der Waals surface area contributed by atoms with Crippen LogP contribution in [0.5, 0.6) is 0 Å². The van der Waals surface area contributed by atoms with Crippen LogP contribution in [-0.2, 0) is 22.5 Å². The molecule has 1 saturated heterocycles. The van der Waals surface area contributed by atoms with E-state index in [9.17, 15) is 9.18 Å². The van der Waals surface area contributed by atoms with E-state index in [1.54, 1.807) is 12.1 Å². The second-order valence-electron chi connectivity index (χ2n) is 6.78. The van der Waals surface area contributed by atoms with Gasteiger partial charge in [-0.15, -0.1) is 0 Å². The lowest BCUT2D eigenvalue weighted by molar-refractivity contribution is -0.139. The van der Waals surface area contributed by atoms with E-state index in [4.69, 9.17) is 9.26 Å². The molecule has 1 atom stereocenters. The summed E-state index contributed by atoms with van der Waals surface area (Å²) >= 11 is 0. The summed E-state index contributed by atoms with van der Waals surface area (Å²) in [5, 5.41) is 4.13. The maximum absolute atomic E-state index is 13.6. The number of rotatable bonds is 3. The number of fused-ring (bicyclic) bond motifs is 1. The molecule has 0 unspecified atom stereocenters. The van der Waals surface area contributed by atoms with Crippen molar-refractivity contribution in [2.45, 2.75) is 25.9 Å². The van der Waals surface area contributed by atoms with E-state index in [0.717, 1.165) is 24.4 Å². The van der Waals surface area contributed by atoms with Crippen LogP contribution in [0.2, 0.25) is 0 Å². The fourth-order valence-corrected chi connectivity index (χ4v) is 3.65. The number of aromatic nitrogens is 1. The van der Waals surface area contributed by atoms with Gasteiger partial charge in [-0.25, -0.2) is 4.39 Å². The minimum absolute atomic E-state index is 0.101. The van der Waals surface area contributed by atoms with Crippen molar-refractivity contribution >= 4 is 5.91 Å². The first-order valence-corrected chi connectivity index (χ1v) is 8.97. The van der Waals surface area contributed by atoms with Crippen molar-refractivity contribution in [2.24, 2.45) is 0 Å². The molecular formula is C19H22FN3O3. The number of nitrogens with zero attached hydrogens (tertiary/aromatic N) is 3. The van der Waals surface area contributed by atoms with Crippen molar-refractivity contribution in [1.82, 2.24) is 15.0 Å². The highest BCUT2D eigenvalue weighted by atomic mass is 19.1. The van der Waals surface area contributed by atoms with E-state index in [1.807, 2.05) is 11.8 Å². The van der Waals surface area contributed by atoms with Gasteiger partial charge in [0.15, 0.2) is 0 Å². The van der Waals surface area contributed by atoms with Crippen LogP contribution in [-0.4, -0.2) is 59.8 Å². The third kappa shape index (κ3) is 3.24. The molecule has 6 nitrogen and oxygen atoms in total. The maximum atomic E-state index is 13.6. The Kier molecular flexibility index (Phi) is 4.74. The van der Waals surface area contributed by atoms with Crippen molar-refractivity contribution in [3.05, 3.63) is 41.4 Å². The number of amides is 1. The maximum Gasteiger partial charge on any atom is 0.239 e. The summed E-state index contributed by atoms with van der Waals surface area (Å²) in [6.07, 6.45) is 0.624. The first-order chi connectivity index (χ1) is 12.6. The fraction of sp³-hybridized carbons (Fsp3) is 0.474. The van der Waals surface area contributed by atoms with E-state index in [0.29, 0.717) is 44.0 Å². The minimum Gasteiger partial charge on any atom is -0.379 e. The van der Waals surface area contributed by atoms with E-state index in [1.165, 1.54) is 12.1 Å². The van der Waals surface area contributed by atoms with E-state index < -0.39 is 0 Å². The number of morpholine rings is 1. The van der Waals surface area contributed by atoms with Crippen LogP contribution in [0.25, 0.3) is 11.3 Å². The molecule has 7 heteroatoms. The highest BCUT2D eigenvalue weighted by Crippen LogP contribution is 2.30. The Labute approximate surface area is 151 Å². The van der Waals surface area contributed by atoms with Gasteiger partial charge in [-0.1, -0.05) is 17.3 Å². The highest BCUT2D eigenvalue weighted by molar-refractivity contribution is 5.82. The van der Waals surface area contributed by atoms with Crippen LogP contribution in [0.4, 0.5) is 4.39 Å². The second kappa shape index (κ2) is 7.17. The standard InChI is InChI=1S/C19H22FN3O3/c1-13(22-7-9-25-10-8-22)19(24)23-6-5-17-16(12-23)18(21-26-17)14-3-2-4-15(20)11-14/h2-4,11,13H,5-10,12H2,1H3/t13-/m1/s1. The van der Waals surface area contributed by atoms with Crippen LogP contribution in [0, 0.1) is 5.82 Å². The van der Waals surface area contributed by atoms with E-state index in [-0.39, 0.29) is 17.8 Å². The third-order valence-corrected chi connectivity index (χ3v) is 5.19. The smallest absolute Gasteiger partial charge is 0.239 e. The molecule has 0 bridgehead atoms. The number of benzene rings is 1. The fourth-order valence-electron chi connectivity index (χ4n) is 3.65. The lowest BCUT2D eigenvalue weighted by Gasteiger charge is -2.35. The molecular weight excluding hydrogens is 337 g/mol. The molecule has 1 fully saturated rings. The Bertz CT molecular complexity index is 801. The molecule has 2 aromatic rings. The van der Waals surface area contributed by atoms with Crippen LogP contribution < -0.4 is 0 Å². The molecule has 4 rings (SSSR count). The number of carbonyl (C=O) groups excluding carboxylic acids is 1. The van der Waals surface area contributed by atoms with Gasteiger partial charge in [-0.3, -0.25) is 9.69 Å². The van der Waals surface area contributed by atoms with Gasteiger partial charge in [0.1, 0.15) is 17.3 Å². The molecule has 2 aliphatic rings. The predicted octanol–water partition coefficient (Wildman–Crippen LogP) is 2.09. The van der Waals surface area contributed by atoms with Gasteiger partial charge in [0, 0.05) is 37.2 Å². The molecule has 3 heterocycles. The zero-order valence-corrected chi connectivity index (χ0v) is 14.8. The molecule has 2 aliphatic heterocycles. The monoisotopic (exact) mass is 359 g/mol. The molecule has 1 aromatic carbocycles. The zero-order chi connectivity index (χ0) is 18.1. The Balaban J connectivity index is 1.53. The normalized spacial score (nSPS) is 19.2. The summed E-state index contributed by atoms with van der Waals surface area (Å²) in [4.78, 5) is 17.0. The van der Waals surface area contributed by atoms with Crippen molar-refractivity contribution in [3.63, 3.8) is 0 Å². The SMILES string of the molecule is C[C@H](C(=O)N1CCc2onc(-c3cccc(F)c3)c2C1)N1CCOCC1. The summed E-state index contributed by atoms with van der Waals surface area (Å²) in [6.45, 7) is 5.87. The summed E-state index contributed by atoms with van der Waals surface area (Å²) < 4.78 is 24.4. The number of hydrogen-bond donors (Lipinski definition) is 0. The van der Waals surface area contributed by atoms with E-state index in [2.05, 4.69) is 10.1 Å². The molecule has 0 radical (unpaired) electrons. The van der Waals surface area contributed by atoms with Crippen molar-refractivity contribution in [1.29, 1.82) is 0 Å². The topological polar surface area (TPSA) is 58.8 Å². The van der Waals surface area contributed by atoms with Gasteiger partial charge in [0.05, 0.1) is 25.8 Å². The average Bonchev–Trinajstić information content (AvgIpc) is 3.10. The molecule has 1 amide bonds. The van der Waals surface area contributed by atoms with Crippen LogP contribution in [0.1, 0.15) is 18.2 Å². The van der Waals surface area contributed by atoms with Gasteiger partial charge in [0.2, 0.25) is 5.91 Å². The lowest BCUT2D eigenvalue weighted by atomic mass is 10.0. The predicted molar refractivity (Wildman–Crippen MR) is 92.9 cm³/mol. The van der Waals surface area contributed by atoms with Crippen LogP contribution >= 0.6 is 0 Å². The lowest BCUT2D eigenvalue weighted by Crippen LogP contribution is -2.51. The van der Waals surface area contributed by atoms with Gasteiger partial charge in [0.25, 0.3) is 0 Å². The molecule has 0 aliphatic carbocycles.